The fourth-order valence-electron chi connectivity index (χ4n) is 5.89. The second kappa shape index (κ2) is 7.08. The predicted octanol–water partition coefficient (Wildman–Crippen LogP) is -0.0557. The summed E-state index contributed by atoms with van der Waals surface area (Å²) in [6, 6.07) is -0.0778. The van der Waals surface area contributed by atoms with Gasteiger partial charge in [0.25, 0.3) is 0 Å². The van der Waals surface area contributed by atoms with Gasteiger partial charge in [0.1, 0.15) is 6.17 Å². The van der Waals surface area contributed by atoms with Gasteiger partial charge in [-0.2, -0.15) is 0 Å². The molecule has 5 rings (SSSR count). The van der Waals surface area contributed by atoms with Crippen molar-refractivity contribution >= 4 is 11.9 Å². The fraction of sp³-hybridized carbons (Fsp3) is 0.900. The first kappa shape index (κ1) is 19.5. The molecule has 9 heteroatoms. The zero-order valence-corrected chi connectivity index (χ0v) is 17.6. The fourth-order valence-corrected chi connectivity index (χ4v) is 5.89. The van der Waals surface area contributed by atoms with Crippen LogP contribution in [0.5, 0.6) is 0 Å². The van der Waals surface area contributed by atoms with Gasteiger partial charge in [0, 0.05) is 13.2 Å². The Balaban J connectivity index is 1.50. The monoisotopic (exact) mass is 406 g/mol. The van der Waals surface area contributed by atoms with Crippen LogP contribution in [0.2, 0.25) is 0 Å². The Hall–Kier alpha value is -1.42. The topological polar surface area (TPSA) is 98.0 Å². The van der Waals surface area contributed by atoms with E-state index in [0.717, 1.165) is 38.8 Å². The van der Waals surface area contributed by atoms with E-state index >= 15 is 0 Å². The molecule has 5 heterocycles. The van der Waals surface area contributed by atoms with Gasteiger partial charge in [0.2, 0.25) is 5.91 Å². The maximum absolute atomic E-state index is 13.0. The van der Waals surface area contributed by atoms with E-state index in [4.69, 9.17) is 4.74 Å². The third kappa shape index (κ3) is 3.22. The summed E-state index contributed by atoms with van der Waals surface area (Å²) in [4.78, 5) is 30.1. The molecule has 0 spiro atoms. The highest BCUT2D eigenvalue weighted by molar-refractivity contribution is 5.81. The summed E-state index contributed by atoms with van der Waals surface area (Å²) in [6.07, 6.45) is 3.24. The van der Waals surface area contributed by atoms with E-state index in [0.29, 0.717) is 12.5 Å². The predicted molar refractivity (Wildman–Crippen MR) is 106 cm³/mol. The van der Waals surface area contributed by atoms with Gasteiger partial charge >= 0.3 is 6.03 Å². The molecule has 0 radical (unpaired) electrons. The lowest BCUT2D eigenvalue weighted by Gasteiger charge is -2.55. The van der Waals surface area contributed by atoms with Gasteiger partial charge in [-0.3, -0.25) is 20.3 Å². The Morgan fingerprint density at radius 1 is 1.14 bits per heavy atom. The van der Waals surface area contributed by atoms with Crippen molar-refractivity contribution in [1.82, 2.24) is 31.1 Å². The normalized spacial score (nSPS) is 44.8. The number of rotatable bonds is 0. The minimum atomic E-state index is -0.428. The van der Waals surface area contributed by atoms with Gasteiger partial charge < -0.3 is 20.3 Å². The van der Waals surface area contributed by atoms with Crippen LogP contribution < -0.4 is 21.3 Å². The number of amides is 3. The summed E-state index contributed by atoms with van der Waals surface area (Å²) in [5, 5.41) is 13.5. The van der Waals surface area contributed by atoms with E-state index in [9.17, 15) is 9.59 Å². The molecule has 0 aliphatic carbocycles. The number of piperidine rings is 2. The maximum atomic E-state index is 13.0. The number of hydrogen-bond acceptors (Lipinski definition) is 6. The van der Waals surface area contributed by atoms with Crippen molar-refractivity contribution in [3.8, 4) is 0 Å². The lowest BCUT2D eigenvalue weighted by molar-refractivity contribution is -0.151. The Labute approximate surface area is 172 Å². The van der Waals surface area contributed by atoms with Crippen molar-refractivity contribution < 1.29 is 14.3 Å². The average Bonchev–Trinajstić information content (AvgIpc) is 3.00. The quantitative estimate of drug-likeness (QED) is 0.450. The van der Waals surface area contributed by atoms with Gasteiger partial charge in [-0.1, -0.05) is 6.92 Å². The molecule has 5 aliphatic rings. The summed E-state index contributed by atoms with van der Waals surface area (Å²) in [7, 11) is 0. The molecule has 0 aromatic carbocycles. The van der Waals surface area contributed by atoms with E-state index < -0.39 is 5.66 Å². The minimum absolute atomic E-state index is 0.0313. The highest BCUT2D eigenvalue weighted by atomic mass is 16.5. The molecule has 5 saturated heterocycles. The van der Waals surface area contributed by atoms with E-state index in [2.05, 4.69) is 46.9 Å². The first-order valence-electron chi connectivity index (χ1n) is 11.1. The number of nitrogens with zero attached hydrogens (tertiary/aromatic N) is 2. The van der Waals surface area contributed by atoms with Crippen molar-refractivity contribution in [2.24, 2.45) is 11.8 Å². The molecule has 0 aromatic rings. The van der Waals surface area contributed by atoms with E-state index in [1.54, 1.807) is 0 Å². The molecular formula is C20H34N6O3. The molecule has 0 saturated carbocycles. The smallest absolute Gasteiger partial charge is 0.320 e. The standard InChI is InChI=1S/C20H34N6O3/c1-11-7-9-25-17-12(18(27)24-20(25,2)3)4-5-14(22-17)26-15-13(29-10-11)6-8-21-16(15)23-19(26)28/h11-17,21-22H,4-10H2,1-3H3,(H,23,28)(H,24,27)/t11-,12?,13?,14?,15?,16?,17?/m0/s1. The van der Waals surface area contributed by atoms with Crippen molar-refractivity contribution in [2.75, 3.05) is 19.7 Å². The van der Waals surface area contributed by atoms with Crippen LogP contribution in [0.4, 0.5) is 4.79 Å². The summed E-state index contributed by atoms with van der Waals surface area (Å²) in [5.74, 6) is 0.440. The molecule has 5 fully saturated rings. The first-order chi connectivity index (χ1) is 13.8. The largest absolute Gasteiger partial charge is 0.376 e. The molecule has 3 amide bonds. The molecule has 4 N–H and O–H groups in total. The molecule has 5 aliphatic heterocycles. The second-order valence-electron chi connectivity index (χ2n) is 9.89. The van der Waals surface area contributed by atoms with Crippen LogP contribution in [0.1, 0.15) is 46.5 Å². The number of carbonyl (C=O) groups is 2. The van der Waals surface area contributed by atoms with Gasteiger partial charge in [0.05, 0.1) is 36.1 Å². The lowest BCUT2D eigenvalue weighted by Crippen LogP contribution is -2.76. The Morgan fingerprint density at radius 2 is 1.97 bits per heavy atom. The van der Waals surface area contributed by atoms with Crippen LogP contribution in [0.3, 0.4) is 0 Å². The van der Waals surface area contributed by atoms with Crippen molar-refractivity contribution in [2.45, 2.75) is 82.8 Å². The van der Waals surface area contributed by atoms with E-state index in [-0.39, 0.29) is 48.5 Å². The van der Waals surface area contributed by atoms with Crippen LogP contribution >= 0.6 is 0 Å². The maximum Gasteiger partial charge on any atom is 0.320 e. The molecule has 6 unspecified atom stereocenters. The van der Waals surface area contributed by atoms with Crippen LogP contribution in [0.15, 0.2) is 0 Å². The van der Waals surface area contributed by atoms with E-state index in [1.165, 1.54) is 0 Å². The Morgan fingerprint density at radius 3 is 2.79 bits per heavy atom. The van der Waals surface area contributed by atoms with Crippen molar-refractivity contribution in [3.05, 3.63) is 0 Å². The van der Waals surface area contributed by atoms with Gasteiger partial charge in [-0.25, -0.2) is 4.79 Å². The third-order valence-electron chi connectivity index (χ3n) is 7.46. The summed E-state index contributed by atoms with van der Waals surface area (Å²) in [5.41, 5.74) is -0.428. The SMILES string of the molecule is C[C@H]1CCN2C3NC(CCC3C(=O)NC2(C)C)N2C(=O)NC3NCCC(OC1)C32. The summed E-state index contributed by atoms with van der Waals surface area (Å²) >= 11 is 0. The highest BCUT2D eigenvalue weighted by Crippen LogP contribution is 2.36. The molecule has 0 aromatic heterocycles. The van der Waals surface area contributed by atoms with Crippen LogP contribution in [-0.2, 0) is 9.53 Å². The lowest BCUT2D eigenvalue weighted by atomic mass is 9.86. The second-order valence-corrected chi connectivity index (χ2v) is 9.89. The molecule has 7 atom stereocenters. The average molecular weight is 407 g/mol. The number of hydrogen-bond donors (Lipinski definition) is 4. The van der Waals surface area contributed by atoms with Crippen LogP contribution in [0, 0.1) is 11.8 Å². The van der Waals surface area contributed by atoms with Crippen molar-refractivity contribution in [3.63, 3.8) is 0 Å². The molecule has 162 valence electrons. The minimum Gasteiger partial charge on any atom is -0.376 e. The molecule has 29 heavy (non-hydrogen) atoms. The number of ether oxygens (including phenoxy) is 1. The van der Waals surface area contributed by atoms with Gasteiger partial charge in [-0.15, -0.1) is 0 Å². The number of urea groups is 1. The molecule has 2 bridgehead atoms. The molecular weight excluding hydrogens is 372 g/mol. The molecule has 9 nitrogen and oxygen atoms in total. The zero-order valence-electron chi connectivity index (χ0n) is 17.6. The zero-order chi connectivity index (χ0) is 20.3. The van der Waals surface area contributed by atoms with Gasteiger partial charge in [-0.05, 0) is 52.0 Å². The van der Waals surface area contributed by atoms with Crippen LogP contribution in [0.25, 0.3) is 0 Å². The van der Waals surface area contributed by atoms with Gasteiger partial charge in [0.15, 0.2) is 0 Å². The Bertz CT molecular complexity index is 687. The third-order valence-corrected chi connectivity index (χ3v) is 7.46. The Kier molecular flexibility index (Phi) is 4.77. The number of fused-ring (bicyclic) bond motifs is 2. The highest BCUT2D eigenvalue weighted by Gasteiger charge is 2.54. The number of carbonyl (C=O) groups excluding carboxylic acids is 2. The van der Waals surface area contributed by atoms with Crippen molar-refractivity contribution in [1.29, 1.82) is 0 Å². The first-order valence-corrected chi connectivity index (χ1v) is 11.1. The number of nitrogens with one attached hydrogen (secondary N) is 4. The summed E-state index contributed by atoms with van der Waals surface area (Å²) in [6.45, 7) is 8.79. The summed E-state index contributed by atoms with van der Waals surface area (Å²) < 4.78 is 6.38. The van der Waals surface area contributed by atoms with E-state index in [1.807, 2.05) is 4.90 Å². The van der Waals surface area contributed by atoms with Crippen LogP contribution in [-0.4, -0.2) is 77.7 Å².